The molecule has 1 fully saturated rings. The number of hydrogen-bond acceptors (Lipinski definition) is 3. The maximum atomic E-state index is 13.0. The lowest BCUT2D eigenvalue weighted by molar-refractivity contribution is -0.141. The van der Waals surface area contributed by atoms with Crippen LogP contribution in [0.15, 0.2) is 54.6 Å². The van der Waals surface area contributed by atoms with Crippen LogP contribution in [0.3, 0.4) is 0 Å². The monoisotopic (exact) mass is 366 g/mol. The fraction of sp³-hybridized carbons (Fsp3) is 0.364. The van der Waals surface area contributed by atoms with E-state index < -0.39 is 12.0 Å². The first-order valence-electron chi connectivity index (χ1n) is 9.32. The van der Waals surface area contributed by atoms with E-state index in [1.807, 2.05) is 43.4 Å². The molecule has 3 rings (SSSR count). The van der Waals surface area contributed by atoms with E-state index in [2.05, 4.69) is 17.0 Å². The molecule has 1 atom stereocenters. The van der Waals surface area contributed by atoms with E-state index in [0.29, 0.717) is 12.1 Å². The van der Waals surface area contributed by atoms with Gasteiger partial charge in [-0.2, -0.15) is 0 Å². The Bertz CT molecular complexity index is 802. The molecule has 1 aliphatic rings. The van der Waals surface area contributed by atoms with Gasteiger partial charge in [0.05, 0.1) is 0 Å². The quantitative estimate of drug-likeness (QED) is 0.778. The van der Waals surface area contributed by atoms with Gasteiger partial charge in [-0.15, -0.1) is 0 Å². The number of hydrogen-bond donors (Lipinski definition) is 1. The summed E-state index contributed by atoms with van der Waals surface area (Å²) in [5.74, 6) is -1.16. The van der Waals surface area contributed by atoms with Crippen molar-refractivity contribution in [2.75, 3.05) is 7.05 Å². The van der Waals surface area contributed by atoms with E-state index in [9.17, 15) is 14.7 Å². The molecular formula is C22H26N2O3. The number of carboxylic acid groups (broad SMARTS) is 1. The van der Waals surface area contributed by atoms with Crippen LogP contribution in [0.4, 0.5) is 0 Å². The zero-order valence-corrected chi connectivity index (χ0v) is 15.8. The summed E-state index contributed by atoms with van der Waals surface area (Å²) in [6.45, 7) is 3.12. The predicted molar refractivity (Wildman–Crippen MR) is 104 cm³/mol. The molecule has 2 aromatic carbocycles. The van der Waals surface area contributed by atoms with Gasteiger partial charge in [0.2, 0.25) is 0 Å². The number of benzene rings is 2. The summed E-state index contributed by atoms with van der Waals surface area (Å²) in [6, 6.07) is 17.0. The Kier molecular flexibility index (Phi) is 5.91. The van der Waals surface area contributed by atoms with Gasteiger partial charge < -0.3 is 10.0 Å². The summed E-state index contributed by atoms with van der Waals surface area (Å²) < 4.78 is 0. The van der Waals surface area contributed by atoms with Crippen molar-refractivity contribution in [3.8, 4) is 0 Å². The van der Waals surface area contributed by atoms with Crippen molar-refractivity contribution < 1.29 is 14.7 Å². The van der Waals surface area contributed by atoms with E-state index in [-0.39, 0.29) is 11.9 Å². The third kappa shape index (κ3) is 4.95. The van der Waals surface area contributed by atoms with Gasteiger partial charge in [-0.05, 0) is 50.1 Å². The number of carboxylic acids is 1. The molecule has 0 aromatic heterocycles. The number of nitrogens with zero attached hydrogens (tertiary/aromatic N) is 2. The van der Waals surface area contributed by atoms with Crippen LogP contribution >= 0.6 is 0 Å². The van der Waals surface area contributed by atoms with Crippen LogP contribution in [0.1, 0.15) is 41.3 Å². The smallest absolute Gasteiger partial charge is 0.326 e. The van der Waals surface area contributed by atoms with Crippen molar-refractivity contribution in [1.82, 2.24) is 9.80 Å². The van der Waals surface area contributed by atoms with Gasteiger partial charge >= 0.3 is 5.97 Å². The number of carbonyl (C=O) groups is 2. The standard InChI is InChI=1S/C22H26N2O3/c1-16(22(26)27)24(20-11-12-20)21(25)19-10-6-9-18(13-19)15-23(2)14-17-7-4-3-5-8-17/h3-10,13,16,20H,11-12,14-15H2,1-2H3,(H,26,27). The van der Waals surface area contributed by atoms with Gasteiger partial charge in [-0.25, -0.2) is 4.79 Å². The minimum absolute atomic E-state index is 0.0491. The SMILES string of the molecule is CC(C(=O)O)N(C(=O)c1cccc(CN(C)Cc2ccccc2)c1)C1CC1. The van der Waals surface area contributed by atoms with Crippen molar-refractivity contribution in [2.45, 2.75) is 44.9 Å². The van der Waals surface area contributed by atoms with Crippen molar-refractivity contribution in [1.29, 1.82) is 0 Å². The molecule has 0 radical (unpaired) electrons. The molecule has 1 N–H and O–H groups in total. The van der Waals surface area contributed by atoms with Gasteiger partial charge in [-0.1, -0.05) is 42.5 Å². The number of aliphatic carboxylic acids is 1. The van der Waals surface area contributed by atoms with Gasteiger partial charge in [0.25, 0.3) is 5.91 Å². The first-order valence-corrected chi connectivity index (χ1v) is 9.32. The summed E-state index contributed by atoms with van der Waals surface area (Å²) in [4.78, 5) is 28.1. The molecule has 2 aromatic rings. The Morgan fingerprint density at radius 1 is 1.04 bits per heavy atom. The Balaban J connectivity index is 1.70. The summed E-state index contributed by atoms with van der Waals surface area (Å²) in [5, 5.41) is 9.34. The summed E-state index contributed by atoms with van der Waals surface area (Å²) in [5.41, 5.74) is 2.83. The van der Waals surface area contributed by atoms with Crippen molar-refractivity contribution >= 4 is 11.9 Å². The van der Waals surface area contributed by atoms with Gasteiger partial charge in [0.1, 0.15) is 6.04 Å². The summed E-state index contributed by atoms with van der Waals surface area (Å²) in [6.07, 6.45) is 1.76. The molecule has 0 aliphatic heterocycles. The largest absolute Gasteiger partial charge is 0.480 e. The predicted octanol–water partition coefficient (Wildman–Crippen LogP) is 3.40. The van der Waals surface area contributed by atoms with Gasteiger partial charge in [0.15, 0.2) is 0 Å². The Labute approximate surface area is 160 Å². The molecular weight excluding hydrogens is 340 g/mol. The van der Waals surface area contributed by atoms with Gasteiger partial charge in [-0.3, -0.25) is 9.69 Å². The lowest BCUT2D eigenvalue weighted by Gasteiger charge is -2.27. The zero-order chi connectivity index (χ0) is 19.4. The number of carbonyl (C=O) groups excluding carboxylic acids is 1. The Morgan fingerprint density at radius 3 is 2.30 bits per heavy atom. The third-order valence-electron chi connectivity index (χ3n) is 4.87. The van der Waals surface area contributed by atoms with Crippen molar-refractivity contribution in [2.24, 2.45) is 0 Å². The van der Waals surface area contributed by atoms with E-state index >= 15 is 0 Å². The average molecular weight is 366 g/mol. The highest BCUT2D eigenvalue weighted by Gasteiger charge is 2.38. The molecule has 1 amide bonds. The van der Waals surface area contributed by atoms with Gasteiger partial charge in [0, 0.05) is 24.7 Å². The van der Waals surface area contributed by atoms with Crippen molar-refractivity contribution in [3.63, 3.8) is 0 Å². The number of rotatable bonds is 8. The second-order valence-corrected chi connectivity index (χ2v) is 7.32. The number of amides is 1. The highest BCUT2D eigenvalue weighted by molar-refractivity contribution is 5.97. The van der Waals surface area contributed by atoms with Crippen LogP contribution in [0, 0.1) is 0 Å². The van der Waals surface area contributed by atoms with E-state index in [1.54, 1.807) is 13.0 Å². The normalized spacial score (nSPS) is 14.8. The highest BCUT2D eigenvalue weighted by atomic mass is 16.4. The topological polar surface area (TPSA) is 60.9 Å². The highest BCUT2D eigenvalue weighted by Crippen LogP contribution is 2.30. The van der Waals surface area contributed by atoms with Crippen LogP contribution in [-0.2, 0) is 17.9 Å². The molecule has 0 saturated heterocycles. The fourth-order valence-electron chi connectivity index (χ4n) is 3.34. The van der Waals surface area contributed by atoms with Crippen LogP contribution < -0.4 is 0 Å². The Morgan fingerprint density at radius 2 is 1.67 bits per heavy atom. The first kappa shape index (κ1) is 19.1. The van der Waals surface area contributed by atoms with E-state index in [1.165, 1.54) is 10.5 Å². The van der Waals surface area contributed by atoms with Crippen molar-refractivity contribution in [3.05, 3.63) is 71.3 Å². The zero-order valence-electron chi connectivity index (χ0n) is 15.8. The van der Waals surface area contributed by atoms with Crippen LogP contribution in [0.2, 0.25) is 0 Å². The maximum absolute atomic E-state index is 13.0. The fourth-order valence-corrected chi connectivity index (χ4v) is 3.34. The average Bonchev–Trinajstić information content (AvgIpc) is 3.47. The second kappa shape index (κ2) is 8.35. The van der Waals surface area contributed by atoms with Crippen LogP contribution in [0.25, 0.3) is 0 Å². The third-order valence-corrected chi connectivity index (χ3v) is 4.87. The lowest BCUT2D eigenvalue weighted by Crippen LogP contribution is -2.44. The minimum atomic E-state index is -0.964. The van der Waals surface area contributed by atoms with E-state index in [0.717, 1.165) is 24.9 Å². The first-order chi connectivity index (χ1) is 13.0. The summed E-state index contributed by atoms with van der Waals surface area (Å²) >= 11 is 0. The maximum Gasteiger partial charge on any atom is 0.326 e. The molecule has 27 heavy (non-hydrogen) atoms. The lowest BCUT2D eigenvalue weighted by atomic mass is 10.1. The van der Waals surface area contributed by atoms with E-state index in [4.69, 9.17) is 0 Å². The molecule has 0 heterocycles. The second-order valence-electron chi connectivity index (χ2n) is 7.32. The molecule has 0 bridgehead atoms. The molecule has 5 nitrogen and oxygen atoms in total. The molecule has 0 spiro atoms. The summed E-state index contributed by atoms with van der Waals surface area (Å²) in [7, 11) is 2.05. The van der Waals surface area contributed by atoms with Crippen LogP contribution in [-0.4, -0.2) is 45.9 Å². The minimum Gasteiger partial charge on any atom is -0.480 e. The van der Waals surface area contributed by atoms with Crippen LogP contribution in [0.5, 0.6) is 0 Å². The molecule has 5 heteroatoms. The Hall–Kier alpha value is -2.66. The molecule has 1 unspecified atom stereocenters. The molecule has 1 saturated carbocycles. The molecule has 142 valence electrons. The molecule has 1 aliphatic carbocycles.